The van der Waals surface area contributed by atoms with E-state index in [2.05, 4.69) is 38.1 Å². The summed E-state index contributed by atoms with van der Waals surface area (Å²) in [6.45, 7) is 8.18. The minimum absolute atomic E-state index is 0.00559. The molecule has 142 valence electrons. The van der Waals surface area contributed by atoms with E-state index in [1.807, 2.05) is 32.0 Å². The summed E-state index contributed by atoms with van der Waals surface area (Å²) >= 11 is 0. The van der Waals surface area contributed by atoms with E-state index in [-0.39, 0.29) is 23.0 Å². The zero-order valence-electron chi connectivity index (χ0n) is 16.7. The van der Waals surface area contributed by atoms with E-state index >= 15 is 0 Å². The number of Topliss-reactive ketones (excluding diaryl/α,β-unsaturated/α-hetero) is 1. The van der Waals surface area contributed by atoms with Crippen LogP contribution >= 0.6 is 0 Å². The molecule has 2 aromatic carbocycles. The molecule has 1 aliphatic rings. The van der Waals surface area contributed by atoms with Crippen LogP contribution in [-0.4, -0.2) is 22.6 Å². The highest BCUT2D eigenvalue weighted by molar-refractivity contribution is 6.24. The third kappa shape index (κ3) is 4.29. The number of aliphatic hydroxyl groups is 1. The van der Waals surface area contributed by atoms with Crippen LogP contribution in [0.4, 0.5) is 0 Å². The molecule has 0 saturated heterocycles. The second-order valence-electron chi connectivity index (χ2n) is 8.41. The summed E-state index contributed by atoms with van der Waals surface area (Å²) in [4.78, 5) is 17.7. The Balaban J connectivity index is 2.08. The fraction of sp³-hybridized carbons (Fsp3) is 0.417. The molecule has 27 heavy (non-hydrogen) atoms. The van der Waals surface area contributed by atoms with Gasteiger partial charge in [0.1, 0.15) is 5.76 Å². The van der Waals surface area contributed by atoms with Crippen molar-refractivity contribution in [1.29, 1.82) is 0 Å². The van der Waals surface area contributed by atoms with E-state index in [0.717, 1.165) is 17.7 Å². The van der Waals surface area contributed by atoms with Crippen molar-refractivity contribution in [1.82, 2.24) is 0 Å². The van der Waals surface area contributed by atoms with E-state index in [9.17, 15) is 9.90 Å². The zero-order chi connectivity index (χ0) is 19.6. The first kappa shape index (κ1) is 19.3. The summed E-state index contributed by atoms with van der Waals surface area (Å²) in [7, 11) is 0. The largest absolute Gasteiger partial charge is 0.511 e. The molecule has 3 heteroatoms. The van der Waals surface area contributed by atoms with Crippen LogP contribution in [0.2, 0.25) is 0 Å². The van der Waals surface area contributed by atoms with Gasteiger partial charge in [-0.15, -0.1) is 0 Å². The molecule has 0 saturated carbocycles. The van der Waals surface area contributed by atoms with Crippen LogP contribution in [0.15, 0.2) is 58.8 Å². The number of benzene rings is 2. The van der Waals surface area contributed by atoms with Crippen molar-refractivity contribution in [3.63, 3.8) is 0 Å². The lowest BCUT2D eigenvalue weighted by molar-refractivity contribution is -0.117. The van der Waals surface area contributed by atoms with Gasteiger partial charge in [0.25, 0.3) is 0 Å². The van der Waals surface area contributed by atoms with E-state index in [0.29, 0.717) is 24.8 Å². The lowest BCUT2D eigenvalue weighted by Gasteiger charge is -2.30. The maximum Gasteiger partial charge on any atom is 0.168 e. The molecule has 3 rings (SSSR count). The average Bonchev–Trinajstić information content (AvgIpc) is 2.60. The van der Waals surface area contributed by atoms with E-state index in [4.69, 9.17) is 4.99 Å². The van der Waals surface area contributed by atoms with Crippen LogP contribution in [0.25, 0.3) is 10.8 Å². The Morgan fingerprint density at radius 3 is 2.56 bits per heavy atom. The van der Waals surface area contributed by atoms with Crippen molar-refractivity contribution in [2.24, 2.45) is 10.4 Å². The second kappa shape index (κ2) is 7.67. The van der Waals surface area contributed by atoms with Gasteiger partial charge in [-0.2, -0.15) is 0 Å². The number of nitrogens with zero attached hydrogens (tertiary/aromatic N) is 1. The highest BCUT2D eigenvalue weighted by Gasteiger charge is 2.35. The number of hydrogen-bond donors (Lipinski definition) is 1. The fourth-order valence-corrected chi connectivity index (χ4v) is 3.80. The summed E-state index contributed by atoms with van der Waals surface area (Å²) in [6.07, 6.45) is 2.41. The standard InChI is InChI=1S/C24H29NO2/c1-5-16(2)25-20(23-21(26)14-24(3,4)15-22(23)27)13-18-11-8-10-17-9-6-7-12-19(17)18/h6-12,16,26H,5,13-15H2,1-4H3. The topological polar surface area (TPSA) is 49.7 Å². The van der Waals surface area contributed by atoms with Crippen molar-refractivity contribution < 1.29 is 9.90 Å². The predicted octanol–water partition coefficient (Wildman–Crippen LogP) is 5.82. The number of hydrogen-bond acceptors (Lipinski definition) is 3. The Labute approximate surface area is 161 Å². The monoisotopic (exact) mass is 363 g/mol. The van der Waals surface area contributed by atoms with Crippen molar-refractivity contribution in [2.75, 3.05) is 0 Å². The number of carbonyl (C=O) groups excluding carboxylic acids is 1. The van der Waals surface area contributed by atoms with Gasteiger partial charge in [-0.05, 0) is 35.1 Å². The Hall–Kier alpha value is -2.42. The molecular formula is C24H29NO2. The van der Waals surface area contributed by atoms with E-state index in [1.54, 1.807) is 0 Å². The quantitative estimate of drug-likeness (QED) is 0.680. The Kier molecular flexibility index (Phi) is 5.50. The van der Waals surface area contributed by atoms with Gasteiger partial charge in [-0.1, -0.05) is 63.2 Å². The molecule has 1 atom stereocenters. The Morgan fingerprint density at radius 2 is 1.85 bits per heavy atom. The second-order valence-corrected chi connectivity index (χ2v) is 8.41. The highest BCUT2D eigenvalue weighted by atomic mass is 16.3. The minimum Gasteiger partial charge on any atom is -0.511 e. The lowest BCUT2D eigenvalue weighted by Crippen LogP contribution is -2.30. The summed E-state index contributed by atoms with van der Waals surface area (Å²) in [5.41, 5.74) is 2.10. The van der Waals surface area contributed by atoms with Gasteiger partial charge in [-0.25, -0.2) is 0 Å². The van der Waals surface area contributed by atoms with Crippen LogP contribution in [-0.2, 0) is 11.2 Å². The third-order valence-electron chi connectivity index (χ3n) is 5.35. The molecule has 1 aliphatic carbocycles. The molecule has 3 nitrogen and oxygen atoms in total. The fourth-order valence-electron chi connectivity index (χ4n) is 3.80. The predicted molar refractivity (Wildman–Crippen MR) is 113 cm³/mol. The van der Waals surface area contributed by atoms with Gasteiger partial charge < -0.3 is 5.11 Å². The third-order valence-corrected chi connectivity index (χ3v) is 5.35. The maximum atomic E-state index is 12.9. The van der Waals surface area contributed by atoms with Crippen molar-refractivity contribution in [3.8, 4) is 0 Å². The molecule has 0 bridgehead atoms. The SMILES string of the molecule is CCC(C)N=C(Cc1cccc2ccccc12)C1=C(O)CC(C)(C)CC1=O. The smallest absolute Gasteiger partial charge is 0.168 e. The lowest BCUT2D eigenvalue weighted by atomic mass is 9.75. The Bertz CT molecular complexity index is 916. The number of rotatable bonds is 5. The number of carbonyl (C=O) groups is 1. The van der Waals surface area contributed by atoms with Gasteiger partial charge in [0.2, 0.25) is 0 Å². The highest BCUT2D eigenvalue weighted by Crippen LogP contribution is 2.37. The maximum absolute atomic E-state index is 12.9. The van der Waals surface area contributed by atoms with Crippen LogP contribution < -0.4 is 0 Å². The number of ketones is 1. The Morgan fingerprint density at radius 1 is 1.15 bits per heavy atom. The molecule has 0 heterocycles. The van der Waals surface area contributed by atoms with Gasteiger partial charge in [-0.3, -0.25) is 9.79 Å². The van der Waals surface area contributed by atoms with Crippen molar-refractivity contribution in [3.05, 3.63) is 59.4 Å². The molecule has 0 spiro atoms. The van der Waals surface area contributed by atoms with Gasteiger partial charge >= 0.3 is 0 Å². The molecular weight excluding hydrogens is 334 g/mol. The average molecular weight is 364 g/mol. The summed E-state index contributed by atoms with van der Waals surface area (Å²) in [6, 6.07) is 14.6. The van der Waals surface area contributed by atoms with Crippen LogP contribution in [0, 0.1) is 5.41 Å². The number of aliphatic hydroxyl groups excluding tert-OH is 1. The molecule has 0 fully saturated rings. The van der Waals surface area contributed by atoms with Crippen LogP contribution in [0.5, 0.6) is 0 Å². The zero-order valence-corrected chi connectivity index (χ0v) is 16.7. The molecule has 0 aromatic heterocycles. The first-order valence-corrected chi connectivity index (χ1v) is 9.79. The number of aliphatic imine (C=N–C) groups is 1. The molecule has 2 aromatic rings. The minimum atomic E-state index is -0.203. The summed E-state index contributed by atoms with van der Waals surface area (Å²) in [5.74, 6) is 0.199. The molecule has 1 unspecified atom stereocenters. The molecule has 0 aliphatic heterocycles. The first-order valence-electron chi connectivity index (χ1n) is 9.79. The normalized spacial score (nSPS) is 18.8. The summed E-state index contributed by atoms with van der Waals surface area (Å²) < 4.78 is 0. The van der Waals surface area contributed by atoms with Crippen LogP contribution in [0.1, 0.15) is 52.5 Å². The van der Waals surface area contributed by atoms with Gasteiger partial charge in [0.15, 0.2) is 5.78 Å². The van der Waals surface area contributed by atoms with E-state index < -0.39 is 0 Å². The molecule has 1 N–H and O–H groups in total. The van der Waals surface area contributed by atoms with Gasteiger partial charge in [0, 0.05) is 25.3 Å². The number of fused-ring (bicyclic) bond motifs is 1. The van der Waals surface area contributed by atoms with Crippen molar-refractivity contribution in [2.45, 2.75) is 59.4 Å². The summed E-state index contributed by atoms with van der Waals surface area (Å²) in [5, 5.41) is 13.0. The van der Waals surface area contributed by atoms with Crippen LogP contribution in [0.3, 0.4) is 0 Å². The van der Waals surface area contributed by atoms with E-state index in [1.165, 1.54) is 10.8 Å². The number of allylic oxidation sites excluding steroid dienone is 2. The molecule has 0 radical (unpaired) electrons. The molecule has 0 amide bonds. The first-order chi connectivity index (χ1) is 12.8. The van der Waals surface area contributed by atoms with Crippen molar-refractivity contribution >= 4 is 22.3 Å². The van der Waals surface area contributed by atoms with Gasteiger partial charge in [0.05, 0.1) is 11.3 Å².